The minimum absolute atomic E-state index is 0.314. The van der Waals surface area contributed by atoms with Crippen molar-refractivity contribution < 1.29 is 4.79 Å². The lowest BCUT2D eigenvalue weighted by Crippen LogP contribution is -2.33. The molecule has 1 saturated carbocycles. The molecular formula is C11H21NO. The number of rotatable bonds is 3. The van der Waals surface area contributed by atoms with Crippen molar-refractivity contribution in [1.82, 2.24) is 4.90 Å². The SMILES string of the molecule is CCC1CCC(=O)C(CN(C)C)C1. The maximum Gasteiger partial charge on any atom is 0.137 e. The van der Waals surface area contributed by atoms with Crippen LogP contribution in [0.25, 0.3) is 0 Å². The third-order valence-electron chi connectivity index (χ3n) is 3.04. The Morgan fingerprint density at radius 3 is 2.69 bits per heavy atom. The fourth-order valence-corrected chi connectivity index (χ4v) is 2.19. The van der Waals surface area contributed by atoms with Gasteiger partial charge in [0.1, 0.15) is 5.78 Å². The summed E-state index contributed by atoms with van der Waals surface area (Å²) < 4.78 is 0. The molecule has 0 bridgehead atoms. The van der Waals surface area contributed by atoms with E-state index in [-0.39, 0.29) is 0 Å². The van der Waals surface area contributed by atoms with Crippen molar-refractivity contribution >= 4 is 5.78 Å². The summed E-state index contributed by atoms with van der Waals surface area (Å²) >= 11 is 0. The highest BCUT2D eigenvalue weighted by Crippen LogP contribution is 2.28. The highest BCUT2D eigenvalue weighted by Gasteiger charge is 2.27. The first-order valence-electron chi connectivity index (χ1n) is 5.31. The quantitative estimate of drug-likeness (QED) is 0.666. The van der Waals surface area contributed by atoms with Crippen LogP contribution in [0.3, 0.4) is 0 Å². The van der Waals surface area contributed by atoms with E-state index in [9.17, 15) is 4.79 Å². The highest BCUT2D eigenvalue weighted by molar-refractivity contribution is 5.81. The molecule has 0 spiro atoms. The van der Waals surface area contributed by atoms with Crippen LogP contribution >= 0.6 is 0 Å². The third-order valence-corrected chi connectivity index (χ3v) is 3.04. The first-order chi connectivity index (χ1) is 6.13. The van der Waals surface area contributed by atoms with E-state index in [0.717, 1.165) is 31.7 Å². The molecule has 0 amide bonds. The maximum atomic E-state index is 11.6. The lowest BCUT2D eigenvalue weighted by Gasteiger charge is -2.29. The molecule has 0 heterocycles. The molecule has 1 rings (SSSR count). The molecule has 0 N–H and O–H groups in total. The molecule has 1 aliphatic rings. The zero-order valence-electron chi connectivity index (χ0n) is 9.05. The molecule has 0 aromatic heterocycles. The van der Waals surface area contributed by atoms with Gasteiger partial charge in [0.05, 0.1) is 0 Å². The first kappa shape index (κ1) is 10.7. The van der Waals surface area contributed by atoms with E-state index < -0.39 is 0 Å². The van der Waals surface area contributed by atoms with Crippen LogP contribution < -0.4 is 0 Å². The lowest BCUT2D eigenvalue weighted by molar-refractivity contribution is -0.126. The minimum Gasteiger partial charge on any atom is -0.309 e. The van der Waals surface area contributed by atoms with Gasteiger partial charge in [0.25, 0.3) is 0 Å². The van der Waals surface area contributed by atoms with Crippen molar-refractivity contribution in [3.8, 4) is 0 Å². The number of Topliss-reactive ketones (excluding diaryl/α,β-unsaturated/α-hetero) is 1. The summed E-state index contributed by atoms with van der Waals surface area (Å²) in [5, 5.41) is 0. The fourth-order valence-electron chi connectivity index (χ4n) is 2.19. The Kier molecular flexibility index (Phi) is 3.91. The van der Waals surface area contributed by atoms with Gasteiger partial charge in [-0.15, -0.1) is 0 Å². The zero-order chi connectivity index (χ0) is 9.84. The fraction of sp³-hybridized carbons (Fsp3) is 0.909. The van der Waals surface area contributed by atoms with Crippen LogP contribution in [0.5, 0.6) is 0 Å². The van der Waals surface area contributed by atoms with E-state index >= 15 is 0 Å². The smallest absolute Gasteiger partial charge is 0.137 e. The maximum absolute atomic E-state index is 11.6. The average molecular weight is 183 g/mol. The van der Waals surface area contributed by atoms with Gasteiger partial charge >= 0.3 is 0 Å². The summed E-state index contributed by atoms with van der Waals surface area (Å²) in [6.45, 7) is 3.17. The van der Waals surface area contributed by atoms with Gasteiger partial charge in [0.15, 0.2) is 0 Å². The van der Waals surface area contributed by atoms with Crippen molar-refractivity contribution in [2.75, 3.05) is 20.6 Å². The van der Waals surface area contributed by atoms with E-state index in [4.69, 9.17) is 0 Å². The molecule has 0 aliphatic heterocycles. The molecule has 2 nitrogen and oxygen atoms in total. The van der Waals surface area contributed by atoms with E-state index in [1.165, 1.54) is 6.42 Å². The molecule has 0 aromatic rings. The second-order valence-electron chi connectivity index (χ2n) is 4.47. The lowest BCUT2D eigenvalue weighted by atomic mass is 9.79. The van der Waals surface area contributed by atoms with Crippen LogP contribution in [0.2, 0.25) is 0 Å². The zero-order valence-corrected chi connectivity index (χ0v) is 9.05. The van der Waals surface area contributed by atoms with Crippen LogP contribution in [-0.2, 0) is 4.79 Å². The molecule has 2 unspecified atom stereocenters. The topological polar surface area (TPSA) is 20.3 Å². The van der Waals surface area contributed by atoms with Crippen LogP contribution in [0.4, 0.5) is 0 Å². The van der Waals surface area contributed by atoms with E-state index in [0.29, 0.717) is 11.7 Å². The first-order valence-corrected chi connectivity index (χ1v) is 5.31. The molecular weight excluding hydrogens is 162 g/mol. The van der Waals surface area contributed by atoms with Crippen molar-refractivity contribution in [3.05, 3.63) is 0 Å². The summed E-state index contributed by atoms with van der Waals surface area (Å²) in [5.41, 5.74) is 0. The predicted octanol–water partition coefficient (Wildman–Crippen LogP) is 1.94. The van der Waals surface area contributed by atoms with Crippen LogP contribution in [-0.4, -0.2) is 31.3 Å². The number of nitrogens with zero attached hydrogens (tertiary/aromatic N) is 1. The minimum atomic E-state index is 0.314. The van der Waals surface area contributed by atoms with Gasteiger partial charge in [0, 0.05) is 18.9 Å². The Balaban J connectivity index is 2.45. The second-order valence-corrected chi connectivity index (χ2v) is 4.47. The number of carbonyl (C=O) groups is 1. The summed E-state index contributed by atoms with van der Waals surface area (Å²) in [5.74, 6) is 1.59. The van der Waals surface area contributed by atoms with Gasteiger partial charge in [-0.05, 0) is 32.9 Å². The van der Waals surface area contributed by atoms with E-state index in [2.05, 4.69) is 11.8 Å². The van der Waals surface area contributed by atoms with Gasteiger partial charge < -0.3 is 4.90 Å². The van der Waals surface area contributed by atoms with Crippen molar-refractivity contribution in [2.24, 2.45) is 11.8 Å². The summed E-state index contributed by atoms with van der Waals surface area (Å²) in [6, 6.07) is 0. The number of ketones is 1. The van der Waals surface area contributed by atoms with E-state index in [1.54, 1.807) is 0 Å². The van der Waals surface area contributed by atoms with Crippen LogP contribution in [0, 0.1) is 11.8 Å². The summed E-state index contributed by atoms with van der Waals surface area (Å²) in [7, 11) is 4.09. The average Bonchev–Trinajstić information content (AvgIpc) is 2.08. The predicted molar refractivity (Wildman–Crippen MR) is 54.7 cm³/mol. The third kappa shape index (κ3) is 3.11. The molecule has 2 heteroatoms. The van der Waals surface area contributed by atoms with Gasteiger partial charge in [0.2, 0.25) is 0 Å². The van der Waals surface area contributed by atoms with Gasteiger partial charge in [-0.2, -0.15) is 0 Å². The van der Waals surface area contributed by atoms with Gasteiger partial charge in [-0.25, -0.2) is 0 Å². The van der Waals surface area contributed by atoms with Crippen molar-refractivity contribution in [2.45, 2.75) is 32.6 Å². The van der Waals surface area contributed by atoms with Crippen molar-refractivity contribution in [3.63, 3.8) is 0 Å². The Labute approximate surface area is 81.3 Å². The second kappa shape index (κ2) is 4.75. The Morgan fingerprint density at radius 1 is 1.46 bits per heavy atom. The Morgan fingerprint density at radius 2 is 2.15 bits per heavy atom. The molecule has 13 heavy (non-hydrogen) atoms. The summed E-state index contributed by atoms with van der Waals surface area (Å²) in [4.78, 5) is 13.7. The van der Waals surface area contributed by atoms with Crippen molar-refractivity contribution in [1.29, 1.82) is 0 Å². The Bertz CT molecular complexity index is 177. The van der Waals surface area contributed by atoms with Gasteiger partial charge in [-0.1, -0.05) is 13.3 Å². The largest absolute Gasteiger partial charge is 0.309 e. The molecule has 76 valence electrons. The van der Waals surface area contributed by atoms with Crippen LogP contribution in [0.15, 0.2) is 0 Å². The summed E-state index contributed by atoms with van der Waals surface area (Å²) in [6.07, 6.45) is 4.29. The monoisotopic (exact) mass is 183 g/mol. The molecule has 0 radical (unpaired) electrons. The standard InChI is InChI=1S/C11H21NO/c1-4-9-5-6-11(13)10(7-9)8-12(2)3/h9-10H,4-8H2,1-3H3. The number of hydrogen-bond acceptors (Lipinski definition) is 2. The van der Waals surface area contributed by atoms with Gasteiger partial charge in [-0.3, -0.25) is 4.79 Å². The molecule has 2 atom stereocenters. The molecule has 0 aromatic carbocycles. The van der Waals surface area contributed by atoms with E-state index in [1.807, 2.05) is 14.1 Å². The number of hydrogen-bond donors (Lipinski definition) is 0. The highest BCUT2D eigenvalue weighted by atomic mass is 16.1. The number of carbonyl (C=O) groups excluding carboxylic acids is 1. The molecule has 0 saturated heterocycles. The normalized spacial score (nSPS) is 29.7. The van der Waals surface area contributed by atoms with Crippen LogP contribution in [0.1, 0.15) is 32.6 Å². The molecule has 1 fully saturated rings. The molecule has 1 aliphatic carbocycles. The Hall–Kier alpha value is -0.370.